The number of carbonyl (C=O) groups is 1. The first-order chi connectivity index (χ1) is 15.4. The number of amidine groups is 1. The molecule has 3 aromatic carbocycles. The lowest BCUT2D eigenvalue weighted by Gasteiger charge is -2.11. The first-order valence-corrected chi connectivity index (χ1v) is 11.6. The standard InChI is InChI=1S/C24H17Cl3N2O2S/c1-14-17(25)8-5-9-20(14)28-24-29-23(30)21(32-24)12-16-10-18(26)22(19(27)11-16)31-13-15-6-3-2-4-7-15/h2-12H,13H2,1H3,(H,28,29,30)/b21-12+. The predicted octanol–water partition coefficient (Wildman–Crippen LogP) is 7.43. The number of ether oxygens (including phenoxy) is 1. The Kier molecular flexibility index (Phi) is 7.11. The topological polar surface area (TPSA) is 50.7 Å². The van der Waals surface area contributed by atoms with Gasteiger partial charge in [0.05, 0.1) is 20.6 Å². The van der Waals surface area contributed by atoms with Gasteiger partial charge < -0.3 is 10.1 Å². The molecule has 3 aromatic rings. The third-order valence-corrected chi connectivity index (χ3v) is 6.54. The van der Waals surface area contributed by atoms with Crippen molar-refractivity contribution in [3.63, 3.8) is 0 Å². The minimum Gasteiger partial charge on any atom is -0.486 e. The van der Waals surface area contributed by atoms with Crippen molar-refractivity contribution in [2.75, 3.05) is 0 Å². The van der Waals surface area contributed by atoms with Crippen LogP contribution in [-0.4, -0.2) is 11.1 Å². The molecule has 1 amide bonds. The van der Waals surface area contributed by atoms with Crippen LogP contribution in [0.1, 0.15) is 16.7 Å². The van der Waals surface area contributed by atoms with Crippen LogP contribution in [0.4, 0.5) is 5.69 Å². The fourth-order valence-electron chi connectivity index (χ4n) is 2.99. The Morgan fingerprint density at radius 3 is 2.44 bits per heavy atom. The molecule has 0 unspecified atom stereocenters. The fraction of sp³-hybridized carbons (Fsp3) is 0.0833. The number of amides is 1. The van der Waals surface area contributed by atoms with Gasteiger partial charge in [0.2, 0.25) is 0 Å². The zero-order chi connectivity index (χ0) is 22.7. The van der Waals surface area contributed by atoms with E-state index in [0.29, 0.717) is 48.7 Å². The van der Waals surface area contributed by atoms with Gasteiger partial charge in [0.1, 0.15) is 6.61 Å². The van der Waals surface area contributed by atoms with Crippen LogP contribution in [0.15, 0.2) is 70.6 Å². The number of aliphatic imine (C=N–C) groups is 1. The van der Waals surface area contributed by atoms with Crippen molar-refractivity contribution in [1.29, 1.82) is 0 Å². The summed E-state index contributed by atoms with van der Waals surface area (Å²) in [5.41, 5.74) is 3.24. The molecule has 0 bridgehead atoms. The van der Waals surface area contributed by atoms with Crippen molar-refractivity contribution < 1.29 is 9.53 Å². The molecule has 0 spiro atoms. The Morgan fingerprint density at radius 2 is 1.72 bits per heavy atom. The van der Waals surface area contributed by atoms with E-state index in [1.807, 2.05) is 49.4 Å². The van der Waals surface area contributed by atoms with Gasteiger partial charge >= 0.3 is 0 Å². The lowest BCUT2D eigenvalue weighted by atomic mass is 10.2. The van der Waals surface area contributed by atoms with Crippen LogP contribution in [0.2, 0.25) is 15.1 Å². The molecule has 0 aliphatic carbocycles. The molecular weight excluding hydrogens is 487 g/mol. The minimum absolute atomic E-state index is 0.245. The van der Waals surface area contributed by atoms with E-state index < -0.39 is 0 Å². The van der Waals surface area contributed by atoms with Crippen LogP contribution in [0.5, 0.6) is 5.75 Å². The van der Waals surface area contributed by atoms with Gasteiger partial charge in [-0.2, -0.15) is 0 Å². The SMILES string of the molecule is Cc1c(Cl)cccc1N=C1NC(=O)/C(=C\c2cc(Cl)c(OCc3ccccc3)c(Cl)c2)S1. The van der Waals surface area contributed by atoms with Crippen LogP contribution in [-0.2, 0) is 11.4 Å². The lowest BCUT2D eigenvalue weighted by Crippen LogP contribution is -2.19. The van der Waals surface area contributed by atoms with Gasteiger partial charge in [-0.25, -0.2) is 4.99 Å². The Bertz CT molecular complexity index is 1220. The maximum Gasteiger partial charge on any atom is 0.264 e. The van der Waals surface area contributed by atoms with Gasteiger partial charge in [-0.05, 0) is 65.7 Å². The second-order valence-electron chi connectivity index (χ2n) is 6.95. The van der Waals surface area contributed by atoms with Crippen molar-refractivity contribution in [2.45, 2.75) is 13.5 Å². The molecular formula is C24H17Cl3N2O2S. The van der Waals surface area contributed by atoms with Gasteiger partial charge in [-0.1, -0.05) is 71.2 Å². The van der Waals surface area contributed by atoms with Gasteiger partial charge in [-0.3, -0.25) is 4.79 Å². The van der Waals surface area contributed by atoms with Gasteiger partial charge in [-0.15, -0.1) is 0 Å². The normalized spacial score (nSPS) is 15.9. The highest BCUT2D eigenvalue weighted by Gasteiger charge is 2.24. The van der Waals surface area contributed by atoms with E-state index in [0.717, 1.165) is 11.1 Å². The summed E-state index contributed by atoms with van der Waals surface area (Å²) in [4.78, 5) is 17.4. The highest BCUT2D eigenvalue weighted by atomic mass is 35.5. The average molecular weight is 504 g/mol. The molecule has 0 aromatic heterocycles. The molecule has 1 aliphatic heterocycles. The number of hydrogen-bond acceptors (Lipinski definition) is 4. The monoisotopic (exact) mass is 502 g/mol. The zero-order valence-corrected chi connectivity index (χ0v) is 19.9. The van der Waals surface area contributed by atoms with Crippen molar-refractivity contribution >= 4 is 69.4 Å². The quantitative estimate of drug-likeness (QED) is 0.368. The van der Waals surface area contributed by atoms with E-state index in [4.69, 9.17) is 39.5 Å². The van der Waals surface area contributed by atoms with E-state index in [1.54, 1.807) is 24.3 Å². The second-order valence-corrected chi connectivity index (χ2v) is 9.21. The molecule has 1 N–H and O–H groups in total. The molecule has 1 fully saturated rings. The maximum absolute atomic E-state index is 12.4. The summed E-state index contributed by atoms with van der Waals surface area (Å²) in [6.45, 7) is 2.23. The molecule has 32 heavy (non-hydrogen) atoms. The van der Waals surface area contributed by atoms with E-state index in [2.05, 4.69) is 10.3 Å². The van der Waals surface area contributed by atoms with Gasteiger partial charge in [0.25, 0.3) is 5.91 Å². The number of benzene rings is 3. The number of rotatable bonds is 5. The Balaban J connectivity index is 1.52. The van der Waals surface area contributed by atoms with Crippen LogP contribution in [0, 0.1) is 6.92 Å². The number of nitrogens with zero attached hydrogens (tertiary/aromatic N) is 1. The van der Waals surface area contributed by atoms with Gasteiger partial charge in [0, 0.05) is 5.02 Å². The molecule has 1 aliphatic rings. The Hall–Kier alpha value is -2.44. The smallest absolute Gasteiger partial charge is 0.264 e. The molecule has 1 saturated heterocycles. The largest absolute Gasteiger partial charge is 0.486 e. The maximum atomic E-state index is 12.4. The summed E-state index contributed by atoms with van der Waals surface area (Å²) in [6.07, 6.45) is 1.71. The lowest BCUT2D eigenvalue weighted by molar-refractivity contribution is -0.115. The molecule has 8 heteroatoms. The molecule has 162 valence electrons. The second kappa shape index (κ2) is 10.0. The highest BCUT2D eigenvalue weighted by molar-refractivity contribution is 8.18. The van der Waals surface area contributed by atoms with E-state index >= 15 is 0 Å². The molecule has 0 saturated carbocycles. The summed E-state index contributed by atoms with van der Waals surface area (Å²) in [6, 6.07) is 18.6. The first kappa shape index (κ1) is 22.7. The van der Waals surface area contributed by atoms with Crippen LogP contribution >= 0.6 is 46.6 Å². The predicted molar refractivity (Wildman–Crippen MR) is 134 cm³/mol. The molecule has 4 nitrogen and oxygen atoms in total. The number of nitrogens with one attached hydrogen (secondary N) is 1. The van der Waals surface area contributed by atoms with E-state index in [9.17, 15) is 4.79 Å². The third-order valence-electron chi connectivity index (χ3n) is 4.66. The summed E-state index contributed by atoms with van der Waals surface area (Å²) in [5.74, 6) is 0.159. The van der Waals surface area contributed by atoms with Gasteiger partial charge in [0.15, 0.2) is 10.9 Å². The first-order valence-electron chi connectivity index (χ1n) is 9.61. The number of halogens is 3. The highest BCUT2D eigenvalue weighted by Crippen LogP contribution is 2.37. The number of carbonyl (C=O) groups excluding carboxylic acids is 1. The van der Waals surface area contributed by atoms with Crippen LogP contribution in [0.25, 0.3) is 6.08 Å². The van der Waals surface area contributed by atoms with E-state index in [1.165, 1.54) is 11.8 Å². The van der Waals surface area contributed by atoms with Crippen molar-refractivity contribution in [1.82, 2.24) is 5.32 Å². The minimum atomic E-state index is -0.245. The molecule has 0 radical (unpaired) electrons. The van der Waals surface area contributed by atoms with Crippen LogP contribution < -0.4 is 10.1 Å². The summed E-state index contributed by atoms with van der Waals surface area (Å²) in [5, 5.41) is 4.61. The fourth-order valence-corrected chi connectivity index (χ4v) is 4.61. The number of thioether (sulfide) groups is 1. The summed E-state index contributed by atoms with van der Waals surface area (Å²) < 4.78 is 5.81. The van der Waals surface area contributed by atoms with Crippen LogP contribution in [0.3, 0.4) is 0 Å². The summed E-state index contributed by atoms with van der Waals surface area (Å²) >= 11 is 20.2. The van der Waals surface area contributed by atoms with Crippen molar-refractivity contribution in [2.24, 2.45) is 4.99 Å². The number of hydrogen-bond donors (Lipinski definition) is 1. The van der Waals surface area contributed by atoms with E-state index in [-0.39, 0.29) is 5.91 Å². The molecule has 1 heterocycles. The average Bonchev–Trinajstić information content (AvgIpc) is 3.10. The van der Waals surface area contributed by atoms with Crippen molar-refractivity contribution in [3.05, 3.63) is 97.3 Å². The Morgan fingerprint density at radius 1 is 1.00 bits per heavy atom. The third kappa shape index (κ3) is 5.30. The molecule has 4 rings (SSSR count). The molecule has 0 atom stereocenters. The van der Waals surface area contributed by atoms with Crippen molar-refractivity contribution in [3.8, 4) is 5.75 Å². The summed E-state index contributed by atoms with van der Waals surface area (Å²) in [7, 11) is 0. The Labute approximate surface area is 205 Å². The zero-order valence-electron chi connectivity index (χ0n) is 16.9.